The second-order valence-electron chi connectivity index (χ2n) is 3.79. The monoisotopic (exact) mass is 219 g/mol. The van der Waals surface area contributed by atoms with Crippen LogP contribution in [-0.4, -0.2) is 17.2 Å². The highest BCUT2D eigenvalue weighted by atomic mass is 16.5. The number of carboxylic acids is 1. The number of rotatable bonds is 4. The van der Waals surface area contributed by atoms with Crippen molar-refractivity contribution in [1.82, 2.24) is 0 Å². The van der Waals surface area contributed by atoms with Crippen molar-refractivity contribution in [3.8, 4) is 5.75 Å². The number of benzene rings is 1. The van der Waals surface area contributed by atoms with Gasteiger partial charge < -0.3 is 15.6 Å². The highest BCUT2D eigenvalue weighted by Crippen LogP contribution is 2.26. The second kappa shape index (κ2) is 4.26. The number of ether oxygens (including phenoxy) is 1. The van der Waals surface area contributed by atoms with E-state index in [0.29, 0.717) is 6.10 Å². The van der Waals surface area contributed by atoms with Crippen LogP contribution in [0.2, 0.25) is 0 Å². The molecule has 1 aromatic rings. The first kappa shape index (κ1) is 10.5. The minimum Gasteiger partial charge on any atom is -0.490 e. The van der Waals surface area contributed by atoms with Crippen molar-refractivity contribution in [2.75, 3.05) is 0 Å². The van der Waals surface area contributed by atoms with Crippen molar-refractivity contribution in [3.05, 3.63) is 35.5 Å². The molecule has 0 spiro atoms. The minimum atomic E-state index is -1.11. The summed E-state index contributed by atoms with van der Waals surface area (Å²) in [6.07, 6.45) is 4.02. The van der Waals surface area contributed by atoms with Crippen molar-refractivity contribution in [1.29, 1.82) is 0 Å². The summed E-state index contributed by atoms with van der Waals surface area (Å²) in [6.45, 7) is 0. The Bertz CT molecular complexity index is 418. The number of hydrogen-bond acceptors (Lipinski definition) is 3. The first-order chi connectivity index (χ1) is 7.65. The van der Waals surface area contributed by atoms with Gasteiger partial charge >= 0.3 is 5.97 Å². The lowest BCUT2D eigenvalue weighted by atomic mass is 10.2. The molecule has 4 nitrogen and oxygen atoms in total. The third-order valence-corrected chi connectivity index (χ3v) is 2.28. The average Bonchev–Trinajstić information content (AvgIpc) is 3.04. The number of nitrogens with two attached hydrogens (primary N) is 1. The molecule has 84 valence electrons. The summed E-state index contributed by atoms with van der Waals surface area (Å²) in [5, 5.41) is 8.61. The Hall–Kier alpha value is -1.97. The van der Waals surface area contributed by atoms with E-state index in [9.17, 15) is 4.79 Å². The van der Waals surface area contributed by atoms with Crippen LogP contribution in [0.15, 0.2) is 30.0 Å². The molecule has 0 bridgehead atoms. The van der Waals surface area contributed by atoms with Gasteiger partial charge in [0.2, 0.25) is 0 Å². The van der Waals surface area contributed by atoms with Crippen LogP contribution in [0.1, 0.15) is 18.4 Å². The Kier molecular flexibility index (Phi) is 2.81. The Morgan fingerprint density at radius 3 is 2.50 bits per heavy atom. The zero-order valence-corrected chi connectivity index (χ0v) is 8.72. The molecule has 0 atom stereocenters. The molecule has 1 aromatic carbocycles. The predicted molar refractivity (Wildman–Crippen MR) is 59.9 cm³/mol. The highest BCUT2D eigenvalue weighted by molar-refractivity contribution is 5.90. The summed E-state index contributed by atoms with van der Waals surface area (Å²) in [6, 6.07) is 7.21. The van der Waals surface area contributed by atoms with Gasteiger partial charge in [0, 0.05) is 0 Å². The first-order valence-corrected chi connectivity index (χ1v) is 5.12. The van der Waals surface area contributed by atoms with E-state index in [2.05, 4.69) is 0 Å². The summed E-state index contributed by atoms with van der Waals surface area (Å²) in [5.74, 6) is -0.299. The minimum absolute atomic E-state index is 0.170. The van der Waals surface area contributed by atoms with Crippen LogP contribution in [0, 0.1) is 0 Å². The molecule has 0 heterocycles. The van der Waals surface area contributed by atoms with Gasteiger partial charge in [0.05, 0.1) is 6.10 Å². The molecule has 1 fully saturated rings. The molecule has 2 rings (SSSR count). The van der Waals surface area contributed by atoms with E-state index >= 15 is 0 Å². The maximum Gasteiger partial charge on any atom is 0.351 e. The zero-order valence-electron chi connectivity index (χ0n) is 8.72. The van der Waals surface area contributed by atoms with Gasteiger partial charge in [-0.1, -0.05) is 12.1 Å². The molecule has 1 aliphatic carbocycles. The van der Waals surface area contributed by atoms with Crippen LogP contribution in [0.3, 0.4) is 0 Å². The zero-order chi connectivity index (χ0) is 11.5. The third kappa shape index (κ3) is 2.76. The summed E-state index contributed by atoms with van der Waals surface area (Å²) < 4.78 is 5.56. The van der Waals surface area contributed by atoms with E-state index in [1.807, 2.05) is 12.1 Å². The van der Waals surface area contributed by atoms with Gasteiger partial charge in [-0.25, -0.2) is 4.79 Å². The quantitative estimate of drug-likeness (QED) is 0.754. The van der Waals surface area contributed by atoms with Crippen molar-refractivity contribution >= 4 is 12.0 Å². The Morgan fingerprint density at radius 2 is 2.00 bits per heavy atom. The smallest absolute Gasteiger partial charge is 0.351 e. The van der Waals surface area contributed by atoms with Gasteiger partial charge in [0.1, 0.15) is 11.4 Å². The summed E-state index contributed by atoms with van der Waals surface area (Å²) in [5.41, 5.74) is 5.89. The molecule has 0 saturated heterocycles. The van der Waals surface area contributed by atoms with Gasteiger partial charge in [-0.2, -0.15) is 0 Å². The predicted octanol–water partition coefficient (Wildman–Crippen LogP) is 1.61. The largest absolute Gasteiger partial charge is 0.490 e. The lowest BCUT2D eigenvalue weighted by Gasteiger charge is -2.03. The fraction of sp³-hybridized carbons (Fsp3) is 0.250. The van der Waals surface area contributed by atoms with E-state index in [-0.39, 0.29) is 5.70 Å². The number of carbonyl (C=O) groups is 1. The van der Waals surface area contributed by atoms with E-state index < -0.39 is 5.97 Å². The van der Waals surface area contributed by atoms with Crippen molar-refractivity contribution in [2.45, 2.75) is 18.9 Å². The van der Waals surface area contributed by atoms with Gasteiger partial charge in [-0.3, -0.25) is 0 Å². The Balaban J connectivity index is 2.06. The summed E-state index contributed by atoms with van der Waals surface area (Å²) in [7, 11) is 0. The second-order valence-corrected chi connectivity index (χ2v) is 3.79. The summed E-state index contributed by atoms with van der Waals surface area (Å²) >= 11 is 0. The van der Waals surface area contributed by atoms with E-state index in [1.54, 1.807) is 12.1 Å². The van der Waals surface area contributed by atoms with Crippen molar-refractivity contribution in [2.24, 2.45) is 5.73 Å². The van der Waals surface area contributed by atoms with Gasteiger partial charge in [0.25, 0.3) is 0 Å². The SMILES string of the molecule is N/C(=C/c1ccc(OC2CC2)cc1)C(=O)O. The first-order valence-electron chi connectivity index (χ1n) is 5.12. The average molecular weight is 219 g/mol. The fourth-order valence-electron chi connectivity index (χ4n) is 1.26. The van der Waals surface area contributed by atoms with Crippen molar-refractivity contribution < 1.29 is 14.6 Å². The topological polar surface area (TPSA) is 72.5 Å². The van der Waals surface area contributed by atoms with Gasteiger partial charge in [-0.15, -0.1) is 0 Å². The molecule has 16 heavy (non-hydrogen) atoms. The van der Waals surface area contributed by atoms with E-state index in [0.717, 1.165) is 24.2 Å². The molecule has 1 saturated carbocycles. The molecule has 0 radical (unpaired) electrons. The molecule has 4 heteroatoms. The molecule has 3 N–H and O–H groups in total. The normalized spacial score (nSPS) is 15.9. The lowest BCUT2D eigenvalue weighted by molar-refractivity contribution is -0.132. The standard InChI is InChI=1S/C12H13NO3/c13-11(12(14)15)7-8-1-3-9(4-2-8)16-10-5-6-10/h1-4,7,10H,5-6,13H2,(H,14,15)/b11-7+. The third-order valence-electron chi connectivity index (χ3n) is 2.28. The van der Waals surface area contributed by atoms with Gasteiger partial charge in [-0.05, 0) is 36.6 Å². The fourth-order valence-corrected chi connectivity index (χ4v) is 1.26. The molecule has 0 amide bonds. The maximum atomic E-state index is 10.5. The number of carboxylic acid groups (broad SMARTS) is 1. The maximum absolute atomic E-state index is 10.5. The van der Waals surface area contributed by atoms with Crippen LogP contribution in [0.4, 0.5) is 0 Å². The highest BCUT2D eigenvalue weighted by Gasteiger charge is 2.23. The molecular formula is C12H13NO3. The van der Waals surface area contributed by atoms with Crippen LogP contribution < -0.4 is 10.5 Å². The summed E-state index contributed by atoms with van der Waals surface area (Å²) in [4.78, 5) is 10.5. The van der Waals surface area contributed by atoms with E-state index in [1.165, 1.54) is 6.08 Å². The molecule has 1 aliphatic rings. The Labute approximate surface area is 93.3 Å². The van der Waals surface area contributed by atoms with E-state index in [4.69, 9.17) is 15.6 Å². The van der Waals surface area contributed by atoms with Crippen LogP contribution in [0.25, 0.3) is 6.08 Å². The number of hydrogen-bond donors (Lipinski definition) is 2. The molecule has 0 unspecified atom stereocenters. The molecule has 0 aromatic heterocycles. The van der Waals surface area contributed by atoms with Crippen LogP contribution in [-0.2, 0) is 4.79 Å². The van der Waals surface area contributed by atoms with Crippen LogP contribution in [0.5, 0.6) is 5.75 Å². The Morgan fingerprint density at radius 1 is 1.38 bits per heavy atom. The lowest BCUT2D eigenvalue weighted by Crippen LogP contribution is -2.09. The van der Waals surface area contributed by atoms with Gasteiger partial charge in [0.15, 0.2) is 0 Å². The molecule has 0 aliphatic heterocycles. The number of aliphatic carboxylic acids is 1. The molecular weight excluding hydrogens is 206 g/mol. The van der Waals surface area contributed by atoms with Crippen LogP contribution >= 0.6 is 0 Å². The van der Waals surface area contributed by atoms with Crippen molar-refractivity contribution in [3.63, 3.8) is 0 Å².